The van der Waals surface area contributed by atoms with Crippen LogP contribution in [-0.4, -0.2) is 40.6 Å². The largest absolute Gasteiger partial charge is 0.375 e. The topological polar surface area (TPSA) is 54.5 Å². The van der Waals surface area contributed by atoms with Crippen molar-refractivity contribution >= 4 is 11.6 Å². The lowest BCUT2D eigenvalue weighted by molar-refractivity contribution is -0.0838. The number of amides is 1. The lowest BCUT2D eigenvalue weighted by Gasteiger charge is -2.41. The summed E-state index contributed by atoms with van der Waals surface area (Å²) < 4.78 is 5.86. The van der Waals surface area contributed by atoms with Crippen molar-refractivity contribution in [2.45, 2.75) is 51.8 Å². The molecule has 1 fully saturated rings. The van der Waals surface area contributed by atoms with Crippen molar-refractivity contribution in [3.8, 4) is 0 Å². The molecule has 2 aromatic rings. The van der Waals surface area contributed by atoms with Gasteiger partial charge >= 0.3 is 0 Å². The van der Waals surface area contributed by atoms with Crippen LogP contribution in [0.4, 0.5) is 5.69 Å². The number of carbonyl (C=O) groups excluding carboxylic acids is 1. The van der Waals surface area contributed by atoms with E-state index in [0.717, 1.165) is 32.5 Å². The molecule has 1 aliphatic rings. The zero-order chi connectivity index (χ0) is 19.3. The van der Waals surface area contributed by atoms with E-state index >= 15 is 0 Å². The molecule has 1 N–H and O–H groups in total. The second-order valence-corrected chi connectivity index (χ2v) is 7.71. The van der Waals surface area contributed by atoms with E-state index in [9.17, 15) is 4.79 Å². The van der Waals surface area contributed by atoms with Crippen LogP contribution in [0.5, 0.6) is 0 Å². The van der Waals surface area contributed by atoms with E-state index in [1.807, 2.05) is 30.3 Å². The van der Waals surface area contributed by atoms with Crippen LogP contribution in [0.2, 0.25) is 0 Å². The van der Waals surface area contributed by atoms with Crippen molar-refractivity contribution in [3.63, 3.8) is 0 Å². The standard InChI is InChI=1S/C22H29N3O2/c1-4-25(20-11-13-27-22(2,3)14-20)16-17-7-9-18(10-8-17)21(26)24-19-6-5-12-23-15-19/h5-10,12,15,20H,4,11,13-14,16H2,1-3H3,(H,24,26). The van der Waals surface area contributed by atoms with Crippen molar-refractivity contribution < 1.29 is 9.53 Å². The van der Waals surface area contributed by atoms with Crippen LogP contribution in [0.1, 0.15) is 49.5 Å². The van der Waals surface area contributed by atoms with Crippen LogP contribution in [0.25, 0.3) is 0 Å². The van der Waals surface area contributed by atoms with Crippen LogP contribution < -0.4 is 5.32 Å². The summed E-state index contributed by atoms with van der Waals surface area (Å²) in [5.74, 6) is -0.118. The van der Waals surface area contributed by atoms with Gasteiger partial charge in [-0.25, -0.2) is 0 Å². The molecule has 5 nitrogen and oxygen atoms in total. The Balaban J connectivity index is 1.61. The Labute approximate surface area is 161 Å². The second-order valence-electron chi connectivity index (χ2n) is 7.71. The maximum absolute atomic E-state index is 12.4. The quantitative estimate of drug-likeness (QED) is 0.835. The van der Waals surface area contributed by atoms with Gasteiger partial charge in [0.25, 0.3) is 5.91 Å². The molecule has 144 valence electrons. The van der Waals surface area contributed by atoms with Gasteiger partial charge in [-0.2, -0.15) is 0 Å². The summed E-state index contributed by atoms with van der Waals surface area (Å²) >= 11 is 0. The van der Waals surface area contributed by atoms with E-state index in [4.69, 9.17) is 4.74 Å². The smallest absolute Gasteiger partial charge is 0.255 e. The first-order valence-corrected chi connectivity index (χ1v) is 9.65. The summed E-state index contributed by atoms with van der Waals surface area (Å²) in [5, 5.41) is 2.86. The third kappa shape index (κ3) is 5.37. The van der Waals surface area contributed by atoms with Crippen LogP contribution in [0.15, 0.2) is 48.8 Å². The minimum atomic E-state index is -0.118. The summed E-state index contributed by atoms with van der Waals surface area (Å²) in [6.45, 7) is 9.26. The number of rotatable bonds is 6. The second kappa shape index (κ2) is 8.63. The first kappa shape index (κ1) is 19.5. The number of pyridine rings is 1. The molecule has 0 saturated carbocycles. The minimum Gasteiger partial charge on any atom is -0.375 e. The first-order valence-electron chi connectivity index (χ1n) is 9.65. The lowest BCUT2D eigenvalue weighted by Crippen LogP contribution is -2.45. The molecule has 27 heavy (non-hydrogen) atoms. The summed E-state index contributed by atoms with van der Waals surface area (Å²) in [7, 11) is 0. The van der Waals surface area contributed by atoms with Gasteiger partial charge in [0.15, 0.2) is 0 Å². The van der Waals surface area contributed by atoms with E-state index in [1.165, 1.54) is 5.56 Å². The zero-order valence-corrected chi connectivity index (χ0v) is 16.4. The maximum Gasteiger partial charge on any atom is 0.255 e. The minimum absolute atomic E-state index is 0.0510. The molecule has 1 aliphatic heterocycles. The SMILES string of the molecule is CCN(Cc1ccc(C(=O)Nc2cccnc2)cc1)C1CCOC(C)(C)C1. The van der Waals surface area contributed by atoms with Crippen molar-refractivity contribution in [2.24, 2.45) is 0 Å². The average Bonchev–Trinajstić information content (AvgIpc) is 2.66. The molecular weight excluding hydrogens is 338 g/mol. The molecule has 1 aromatic carbocycles. The third-order valence-corrected chi connectivity index (χ3v) is 5.11. The molecule has 2 heterocycles. The summed E-state index contributed by atoms with van der Waals surface area (Å²) in [6, 6.07) is 12.0. The van der Waals surface area contributed by atoms with E-state index in [0.29, 0.717) is 17.3 Å². The van der Waals surface area contributed by atoms with Crippen molar-refractivity contribution in [2.75, 3.05) is 18.5 Å². The van der Waals surface area contributed by atoms with Crippen LogP contribution in [0, 0.1) is 0 Å². The molecule has 0 spiro atoms. The third-order valence-electron chi connectivity index (χ3n) is 5.11. The highest BCUT2D eigenvalue weighted by Crippen LogP contribution is 2.28. The number of nitrogens with zero attached hydrogens (tertiary/aromatic N) is 2. The van der Waals surface area contributed by atoms with Gasteiger partial charge in [-0.3, -0.25) is 14.7 Å². The van der Waals surface area contributed by atoms with Crippen molar-refractivity contribution in [1.29, 1.82) is 0 Å². The highest BCUT2D eigenvalue weighted by atomic mass is 16.5. The molecule has 1 aromatic heterocycles. The van der Waals surface area contributed by atoms with Gasteiger partial charge in [0.2, 0.25) is 0 Å². The Morgan fingerprint density at radius 3 is 2.70 bits per heavy atom. The fraction of sp³-hybridized carbons (Fsp3) is 0.455. The van der Waals surface area contributed by atoms with Crippen LogP contribution in [-0.2, 0) is 11.3 Å². The molecule has 1 amide bonds. The van der Waals surface area contributed by atoms with E-state index in [2.05, 4.69) is 36.0 Å². The summed E-state index contributed by atoms with van der Waals surface area (Å²) in [5.41, 5.74) is 2.52. The number of carbonyl (C=O) groups is 1. The number of ether oxygens (including phenoxy) is 1. The average molecular weight is 367 g/mol. The number of benzene rings is 1. The van der Waals surface area contributed by atoms with Gasteiger partial charge in [-0.05, 0) is 63.1 Å². The fourth-order valence-electron chi connectivity index (χ4n) is 3.65. The molecule has 0 aliphatic carbocycles. The summed E-state index contributed by atoms with van der Waals surface area (Å²) in [4.78, 5) is 18.9. The maximum atomic E-state index is 12.4. The molecule has 1 atom stereocenters. The summed E-state index contributed by atoms with van der Waals surface area (Å²) in [6.07, 6.45) is 5.44. The first-order chi connectivity index (χ1) is 13.0. The normalized spacial score (nSPS) is 19.0. The fourth-order valence-corrected chi connectivity index (χ4v) is 3.65. The Bertz CT molecular complexity index is 744. The van der Waals surface area contributed by atoms with E-state index in [1.54, 1.807) is 18.5 Å². The Morgan fingerprint density at radius 1 is 1.30 bits per heavy atom. The number of hydrogen-bond acceptors (Lipinski definition) is 4. The van der Waals surface area contributed by atoms with Gasteiger partial charge in [-0.15, -0.1) is 0 Å². The van der Waals surface area contributed by atoms with Gasteiger partial charge in [0.1, 0.15) is 0 Å². The predicted molar refractivity (Wildman–Crippen MR) is 108 cm³/mol. The molecule has 3 rings (SSSR count). The highest BCUT2D eigenvalue weighted by molar-refractivity contribution is 6.04. The van der Waals surface area contributed by atoms with Gasteiger partial charge < -0.3 is 10.1 Å². The molecule has 0 radical (unpaired) electrons. The number of hydrogen-bond donors (Lipinski definition) is 1. The molecule has 1 saturated heterocycles. The molecule has 5 heteroatoms. The molecule has 1 unspecified atom stereocenters. The van der Waals surface area contributed by atoms with Gasteiger partial charge in [0, 0.05) is 31.0 Å². The highest BCUT2D eigenvalue weighted by Gasteiger charge is 2.31. The lowest BCUT2D eigenvalue weighted by atomic mass is 9.92. The van der Waals surface area contributed by atoms with Crippen LogP contribution in [0.3, 0.4) is 0 Å². The van der Waals surface area contributed by atoms with Crippen LogP contribution >= 0.6 is 0 Å². The van der Waals surface area contributed by atoms with Crippen molar-refractivity contribution in [1.82, 2.24) is 9.88 Å². The Hall–Kier alpha value is -2.24. The monoisotopic (exact) mass is 367 g/mol. The van der Waals surface area contributed by atoms with E-state index in [-0.39, 0.29) is 11.5 Å². The zero-order valence-electron chi connectivity index (χ0n) is 16.4. The van der Waals surface area contributed by atoms with E-state index < -0.39 is 0 Å². The Kier molecular flexibility index (Phi) is 6.24. The van der Waals surface area contributed by atoms with Crippen molar-refractivity contribution in [3.05, 3.63) is 59.9 Å². The number of anilines is 1. The number of nitrogens with one attached hydrogen (secondary N) is 1. The predicted octanol–water partition coefficient (Wildman–Crippen LogP) is 4.11. The van der Waals surface area contributed by atoms with Gasteiger partial charge in [-0.1, -0.05) is 19.1 Å². The molecular formula is C22H29N3O2. The Morgan fingerprint density at radius 2 is 2.07 bits per heavy atom. The van der Waals surface area contributed by atoms with Gasteiger partial charge in [0.05, 0.1) is 17.5 Å². The number of aromatic nitrogens is 1. The molecule has 0 bridgehead atoms.